The molecule has 0 aliphatic rings. The summed E-state index contributed by atoms with van der Waals surface area (Å²) >= 11 is 13.6. The third-order valence-electron chi connectivity index (χ3n) is 3.26. The number of fused-ring (bicyclic) bond motifs is 1. The number of aromatic nitrogens is 1. The molecule has 0 fully saturated rings. The molecule has 3 aromatic rings. The molecule has 2 heterocycles. The van der Waals surface area contributed by atoms with Gasteiger partial charge in [0, 0.05) is 0 Å². The van der Waals surface area contributed by atoms with Crippen LogP contribution in [0.1, 0.15) is 17.5 Å². The minimum atomic E-state index is -0.559. The summed E-state index contributed by atoms with van der Waals surface area (Å²) in [5.74, 6) is -0.925. The van der Waals surface area contributed by atoms with Crippen LogP contribution in [0.5, 0.6) is 0 Å². The van der Waals surface area contributed by atoms with Crippen LogP contribution in [0.4, 0.5) is 0 Å². The number of hydrogen-bond acceptors (Lipinski definition) is 5. The highest BCUT2D eigenvalue weighted by molar-refractivity contribution is 7.16. The van der Waals surface area contributed by atoms with Gasteiger partial charge in [-0.2, -0.15) is 4.99 Å². The van der Waals surface area contributed by atoms with Gasteiger partial charge in [-0.3, -0.25) is 9.59 Å². The first-order chi connectivity index (χ1) is 12.0. The lowest BCUT2D eigenvalue weighted by atomic mass is 10.3. The van der Waals surface area contributed by atoms with Crippen molar-refractivity contribution >= 4 is 56.6 Å². The largest absolute Gasteiger partial charge is 0.465 e. The fraction of sp³-hybridized carbons (Fsp3) is 0.188. The Kier molecular flexibility index (Phi) is 5.27. The molecule has 3 rings (SSSR count). The summed E-state index contributed by atoms with van der Waals surface area (Å²) in [5, 5.41) is 0.625. The van der Waals surface area contributed by atoms with Crippen molar-refractivity contribution in [3.8, 4) is 0 Å². The maximum absolute atomic E-state index is 12.2. The second-order valence-electron chi connectivity index (χ2n) is 4.88. The summed E-state index contributed by atoms with van der Waals surface area (Å²) < 4.78 is 12.3. The van der Waals surface area contributed by atoms with E-state index in [1.54, 1.807) is 25.1 Å². The molecule has 0 aliphatic heterocycles. The van der Waals surface area contributed by atoms with E-state index in [-0.39, 0.29) is 23.9 Å². The van der Waals surface area contributed by atoms with Gasteiger partial charge in [0.2, 0.25) is 0 Å². The Labute approximate surface area is 156 Å². The lowest BCUT2D eigenvalue weighted by Crippen LogP contribution is -2.23. The predicted octanol–water partition coefficient (Wildman–Crippen LogP) is 3.91. The zero-order valence-corrected chi connectivity index (χ0v) is 15.3. The summed E-state index contributed by atoms with van der Waals surface area (Å²) in [7, 11) is 0. The number of benzene rings is 1. The predicted molar refractivity (Wildman–Crippen MR) is 95.1 cm³/mol. The molecule has 130 valence electrons. The number of ether oxygens (including phenoxy) is 1. The van der Waals surface area contributed by atoms with Crippen LogP contribution >= 0.6 is 34.5 Å². The third kappa shape index (κ3) is 3.63. The van der Waals surface area contributed by atoms with Crippen LogP contribution in [0.15, 0.2) is 39.9 Å². The van der Waals surface area contributed by atoms with Gasteiger partial charge in [0.25, 0.3) is 0 Å². The van der Waals surface area contributed by atoms with Crippen LogP contribution in [0.3, 0.4) is 0 Å². The Hall–Kier alpha value is -2.09. The van der Waals surface area contributed by atoms with Gasteiger partial charge in [0.15, 0.2) is 10.6 Å². The first-order valence-corrected chi connectivity index (χ1v) is 8.84. The molecule has 25 heavy (non-hydrogen) atoms. The first kappa shape index (κ1) is 17.7. The normalized spacial score (nSPS) is 11.9. The SMILES string of the molecule is CCOC(=O)Cn1c(=NC(=O)c2ccco2)sc2ccc(Cl)c(Cl)c21. The maximum atomic E-state index is 12.2. The van der Waals surface area contributed by atoms with E-state index in [4.69, 9.17) is 32.4 Å². The number of esters is 1. The highest BCUT2D eigenvalue weighted by Gasteiger charge is 2.17. The summed E-state index contributed by atoms with van der Waals surface area (Å²) in [6.07, 6.45) is 1.39. The Balaban J connectivity index is 2.18. The van der Waals surface area contributed by atoms with Crippen molar-refractivity contribution < 1.29 is 18.7 Å². The number of nitrogens with zero attached hydrogens (tertiary/aromatic N) is 2. The van der Waals surface area contributed by atoms with Gasteiger partial charge in [-0.05, 0) is 31.2 Å². The van der Waals surface area contributed by atoms with E-state index in [1.165, 1.54) is 28.2 Å². The molecule has 0 aliphatic carbocycles. The lowest BCUT2D eigenvalue weighted by Gasteiger charge is -2.06. The van der Waals surface area contributed by atoms with Gasteiger partial charge in [-0.1, -0.05) is 34.5 Å². The van der Waals surface area contributed by atoms with Gasteiger partial charge in [-0.25, -0.2) is 0 Å². The van der Waals surface area contributed by atoms with Gasteiger partial charge < -0.3 is 13.7 Å². The summed E-state index contributed by atoms with van der Waals surface area (Å²) in [6, 6.07) is 6.51. The molecule has 0 saturated heterocycles. The number of amides is 1. The lowest BCUT2D eigenvalue weighted by molar-refractivity contribution is -0.143. The molecule has 9 heteroatoms. The van der Waals surface area contributed by atoms with Crippen molar-refractivity contribution in [1.29, 1.82) is 0 Å². The summed E-state index contributed by atoms with van der Waals surface area (Å²) in [5.41, 5.74) is 0.526. The van der Waals surface area contributed by atoms with Crippen LogP contribution in [0, 0.1) is 0 Å². The van der Waals surface area contributed by atoms with E-state index < -0.39 is 11.9 Å². The van der Waals surface area contributed by atoms with Crippen LogP contribution in [-0.2, 0) is 16.1 Å². The van der Waals surface area contributed by atoms with Crippen LogP contribution in [0.2, 0.25) is 10.0 Å². The van der Waals surface area contributed by atoms with E-state index in [0.717, 1.165) is 4.70 Å². The molecular formula is C16H12Cl2N2O4S. The monoisotopic (exact) mass is 398 g/mol. The second-order valence-corrected chi connectivity index (χ2v) is 6.67. The highest BCUT2D eigenvalue weighted by Crippen LogP contribution is 2.32. The molecule has 0 saturated carbocycles. The third-order valence-corrected chi connectivity index (χ3v) is 5.09. The number of carbonyl (C=O) groups excluding carboxylic acids is 2. The topological polar surface area (TPSA) is 73.8 Å². The van der Waals surface area contributed by atoms with Crippen LogP contribution in [0.25, 0.3) is 10.2 Å². The number of thiazole rings is 1. The molecule has 1 amide bonds. The van der Waals surface area contributed by atoms with E-state index in [2.05, 4.69) is 4.99 Å². The van der Waals surface area contributed by atoms with Crippen molar-refractivity contribution in [3.05, 3.63) is 51.1 Å². The van der Waals surface area contributed by atoms with Gasteiger partial charge in [0.05, 0.1) is 33.1 Å². The van der Waals surface area contributed by atoms with Gasteiger partial charge >= 0.3 is 11.9 Å². The van der Waals surface area contributed by atoms with Crippen molar-refractivity contribution in [3.63, 3.8) is 0 Å². The van der Waals surface area contributed by atoms with E-state index in [1.807, 2.05) is 0 Å². The first-order valence-electron chi connectivity index (χ1n) is 7.26. The number of rotatable bonds is 4. The molecule has 0 bridgehead atoms. The molecule has 2 aromatic heterocycles. The Morgan fingerprint density at radius 1 is 1.32 bits per heavy atom. The zero-order valence-electron chi connectivity index (χ0n) is 13.0. The standard InChI is InChI=1S/C16H12Cl2N2O4S/c1-2-23-12(21)8-20-14-11(6-5-9(17)13(14)18)25-16(20)19-15(22)10-4-3-7-24-10/h3-7H,2,8H2,1H3. The molecule has 0 atom stereocenters. The quantitative estimate of drug-likeness (QED) is 0.624. The number of furan rings is 1. The van der Waals surface area contributed by atoms with Gasteiger partial charge in [0.1, 0.15) is 6.54 Å². The number of halogens is 2. The second kappa shape index (κ2) is 7.43. The molecule has 0 N–H and O–H groups in total. The van der Waals surface area contributed by atoms with Crippen LogP contribution < -0.4 is 4.80 Å². The average molecular weight is 399 g/mol. The average Bonchev–Trinajstić information content (AvgIpc) is 3.21. The number of hydrogen-bond donors (Lipinski definition) is 0. The molecule has 0 spiro atoms. The Morgan fingerprint density at radius 2 is 2.12 bits per heavy atom. The Bertz CT molecular complexity index is 1010. The fourth-order valence-electron chi connectivity index (χ4n) is 2.21. The fourth-order valence-corrected chi connectivity index (χ4v) is 3.72. The molecule has 6 nitrogen and oxygen atoms in total. The minimum Gasteiger partial charge on any atom is -0.465 e. The van der Waals surface area contributed by atoms with E-state index in [9.17, 15) is 9.59 Å². The maximum Gasteiger partial charge on any atom is 0.326 e. The minimum absolute atomic E-state index is 0.101. The summed E-state index contributed by atoms with van der Waals surface area (Å²) in [6.45, 7) is 1.82. The van der Waals surface area contributed by atoms with Crippen molar-refractivity contribution in [2.75, 3.05) is 6.61 Å². The van der Waals surface area contributed by atoms with Crippen molar-refractivity contribution in [2.45, 2.75) is 13.5 Å². The van der Waals surface area contributed by atoms with Crippen LogP contribution in [-0.4, -0.2) is 23.1 Å². The zero-order chi connectivity index (χ0) is 18.0. The van der Waals surface area contributed by atoms with E-state index in [0.29, 0.717) is 15.3 Å². The molecular weight excluding hydrogens is 387 g/mol. The van der Waals surface area contributed by atoms with Crippen molar-refractivity contribution in [1.82, 2.24) is 4.57 Å². The summed E-state index contributed by atoms with van der Waals surface area (Å²) in [4.78, 5) is 28.5. The smallest absolute Gasteiger partial charge is 0.326 e. The highest BCUT2D eigenvalue weighted by atomic mass is 35.5. The number of carbonyl (C=O) groups is 2. The molecule has 1 aromatic carbocycles. The Morgan fingerprint density at radius 3 is 2.80 bits per heavy atom. The van der Waals surface area contributed by atoms with E-state index >= 15 is 0 Å². The molecule has 0 radical (unpaired) electrons. The van der Waals surface area contributed by atoms with Crippen molar-refractivity contribution in [2.24, 2.45) is 4.99 Å². The molecule has 0 unspecified atom stereocenters. The van der Waals surface area contributed by atoms with Gasteiger partial charge in [-0.15, -0.1) is 0 Å².